The lowest BCUT2D eigenvalue weighted by Gasteiger charge is -2.31. The molecule has 0 bridgehead atoms. The molecule has 3 rings (SSSR count). The number of likely N-dealkylation sites (tertiary alicyclic amines) is 1. The van der Waals surface area contributed by atoms with Crippen molar-refractivity contribution in [2.45, 2.75) is 32.2 Å². The summed E-state index contributed by atoms with van der Waals surface area (Å²) in [6.07, 6.45) is 6.39. The lowest BCUT2D eigenvalue weighted by Crippen LogP contribution is -2.32. The van der Waals surface area contributed by atoms with Gasteiger partial charge >= 0.3 is 0 Å². The highest BCUT2D eigenvalue weighted by molar-refractivity contribution is 7.11. The molecule has 19 heavy (non-hydrogen) atoms. The van der Waals surface area contributed by atoms with Gasteiger partial charge in [-0.25, -0.2) is 4.98 Å². The van der Waals surface area contributed by atoms with Crippen molar-refractivity contribution in [1.29, 1.82) is 0 Å². The molecule has 1 aliphatic heterocycles. The Morgan fingerprint density at radius 2 is 2.16 bits per heavy atom. The third-order valence-electron chi connectivity index (χ3n) is 3.91. The molecule has 0 unspecified atom stereocenters. The highest BCUT2D eigenvalue weighted by Gasteiger charge is 2.22. The fourth-order valence-electron chi connectivity index (χ4n) is 2.87. The largest absolute Gasteiger partial charge is 0.298 e. The molecule has 0 amide bonds. The van der Waals surface area contributed by atoms with E-state index < -0.39 is 0 Å². The van der Waals surface area contributed by atoms with Crippen molar-refractivity contribution < 1.29 is 0 Å². The summed E-state index contributed by atoms with van der Waals surface area (Å²) in [4.78, 5) is 8.26. The minimum atomic E-state index is 0.673. The smallest absolute Gasteiger partial charge is 0.0897 e. The molecular weight excluding hydrogens is 256 g/mol. The number of aryl methyl sites for hydroxylation is 2. The maximum absolute atomic E-state index is 4.33. The van der Waals surface area contributed by atoms with E-state index in [4.69, 9.17) is 0 Å². The van der Waals surface area contributed by atoms with E-state index in [0.29, 0.717) is 5.92 Å². The first-order valence-corrected chi connectivity index (χ1v) is 7.65. The number of aromatic nitrogens is 3. The van der Waals surface area contributed by atoms with Gasteiger partial charge in [0.15, 0.2) is 0 Å². The van der Waals surface area contributed by atoms with Crippen molar-refractivity contribution in [3.05, 3.63) is 34.0 Å². The van der Waals surface area contributed by atoms with Gasteiger partial charge in [0.2, 0.25) is 0 Å². The Bertz CT molecular complexity index is 537. The Balaban J connectivity index is 1.56. The highest BCUT2D eigenvalue weighted by Crippen LogP contribution is 2.28. The number of rotatable bonds is 3. The number of hydrogen-bond donors (Lipinski definition) is 0. The van der Waals surface area contributed by atoms with Crippen LogP contribution >= 0.6 is 11.3 Å². The monoisotopic (exact) mass is 276 g/mol. The second-order valence-corrected chi connectivity index (χ2v) is 6.60. The van der Waals surface area contributed by atoms with E-state index in [2.05, 4.69) is 28.0 Å². The van der Waals surface area contributed by atoms with Crippen molar-refractivity contribution in [3.63, 3.8) is 0 Å². The van der Waals surface area contributed by atoms with Crippen molar-refractivity contribution in [1.82, 2.24) is 19.7 Å². The molecule has 1 saturated heterocycles. The van der Waals surface area contributed by atoms with Gasteiger partial charge in [-0.2, -0.15) is 5.10 Å². The van der Waals surface area contributed by atoms with Crippen LogP contribution < -0.4 is 0 Å². The lowest BCUT2D eigenvalue weighted by molar-refractivity contribution is 0.203. The number of hydrogen-bond acceptors (Lipinski definition) is 4. The maximum Gasteiger partial charge on any atom is 0.0897 e. The average Bonchev–Trinajstić information content (AvgIpc) is 3.00. The first-order valence-electron chi connectivity index (χ1n) is 6.84. The summed E-state index contributed by atoms with van der Waals surface area (Å²) in [7, 11) is 2.04. The van der Waals surface area contributed by atoms with E-state index in [1.807, 2.05) is 35.5 Å². The van der Waals surface area contributed by atoms with Gasteiger partial charge < -0.3 is 0 Å². The predicted octanol–water partition coefficient (Wildman–Crippen LogP) is 2.56. The number of thiazole rings is 1. The standard InChI is InChI=1S/C14H20N4S/c1-11-15-9-13(19-11)10-18-7-4-12(5-8-18)14-3-6-16-17(14)2/h3,6,9,12H,4-5,7-8,10H2,1-2H3. The zero-order valence-electron chi connectivity index (χ0n) is 11.5. The summed E-state index contributed by atoms with van der Waals surface area (Å²) in [5, 5.41) is 5.44. The molecule has 0 aromatic carbocycles. The molecule has 1 fully saturated rings. The van der Waals surface area contributed by atoms with Crippen LogP contribution in [0, 0.1) is 6.92 Å². The zero-order valence-corrected chi connectivity index (χ0v) is 12.4. The van der Waals surface area contributed by atoms with Gasteiger partial charge in [0.05, 0.1) is 5.01 Å². The molecule has 3 heterocycles. The summed E-state index contributed by atoms with van der Waals surface area (Å²) in [6, 6.07) is 2.16. The van der Waals surface area contributed by atoms with Crippen LogP contribution in [0.25, 0.3) is 0 Å². The maximum atomic E-state index is 4.33. The fraction of sp³-hybridized carbons (Fsp3) is 0.571. The Labute approximate surface area is 118 Å². The third-order valence-corrected chi connectivity index (χ3v) is 4.81. The first kappa shape index (κ1) is 12.8. The van der Waals surface area contributed by atoms with Crippen LogP contribution in [0.3, 0.4) is 0 Å². The SMILES string of the molecule is Cc1ncc(CN2CCC(c3ccnn3C)CC2)s1. The van der Waals surface area contributed by atoms with Gasteiger partial charge in [-0.3, -0.25) is 9.58 Å². The predicted molar refractivity (Wildman–Crippen MR) is 77.3 cm³/mol. The summed E-state index contributed by atoms with van der Waals surface area (Å²) in [6.45, 7) is 5.48. The first-order chi connectivity index (χ1) is 9.22. The average molecular weight is 276 g/mol. The normalized spacial score (nSPS) is 18.0. The Kier molecular flexibility index (Phi) is 3.66. The van der Waals surface area contributed by atoms with Gasteiger partial charge in [-0.1, -0.05) is 0 Å². The van der Waals surface area contributed by atoms with Crippen LogP contribution in [0.1, 0.15) is 34.3 Å². The van der Waals surface area contributed by atoms with Crippen LogP contribution in [0.5, 0.6) is 0 Å². The second-order valence-electron chi connectivity index (χ2n) is 5.28. The number of nitrogens with zero attached hydrogens (tertiary/aromatic N) is 4. The molecule has 4 nitrogen and oxygen atoms in total. The minimum Gasteiger partial charge on any atom is -0.298 e. The fourth-order valence-corrected chi connectivity index (χ4v) is 3.71. The van der Waals surface area contributed by atoms with Gasteiger partial charge in [-0.15, -0.1) is 11.3 Å². The topological polar surface area (TPSA) is 34.0 Å². The molecular formula is C14H20N4S. The molecule has 0 N–H and O–H groups in total. The van der Waals surface area contributed by atoms with E-state index in [1.54, 1.807) is 0 Å². The molecule has 0 radical (unpaired) electrons. The van der Waals surface area contributed by atoms with Gasteiger partial charge in [-0.05, 0) is 38.9 Å². The molecule has 1 aliphatic rings. The van der Waals surface area contributed by atoms with Crippen LogP contribution in [0.4, 0.5) is 0 Å². The van der Waals surface area contributed by atoms with Crippen molar-refractivity contribution in [2.24, 2.45) is 7.05 Å². The third kappa shape index (κ3) is 2.87. The molecule has 0 saturated carbocycles. The van der Waals surface area contributed by atoms with E-state index in [-0.39, 0.29) is 0 Å². The minimum absolute atomic E-state index is 0.673. The lowest BCUT2D eigenvalue weighted by atomic mass is 9.93. The van der Waals surface area contributed by atoms with Crippen molar-refractivity contribution >= 4 is 11.3 Å². The Morgan fingerprint density at radius 3 is 2.74 bits per heavy atom. The summed E-state index contributed by atoms with van der Waals surface area (Å²) < 4.78 is 2.02. The molecule has 0 atom stereocenters. The van der Waals surface area contributed by atoms with Gasteiger partial charge in [0, 0.05) is 42.5 Å². The van der Waals surface area contributed by atoms with E-state index >= 15 is 0 Å². The van der Waals surface area contributed by atoms with Crippen LogP contribution in [-0.4, -0.2) is 32.8 Å². The summed E-state index contributed by atoms with van der Waals surface area (Å²) >= 11 is 1.82. The molecule has 5 heteroatoms. The molecule has 0 spiro atoms. The second kappa shape index (κ2) is 5.43. The highest BCUT2D eigenvalue weighted by atomic mass is 32.1. The van der Waals surface area contributed by atoms with Crippen molar-refractivity contribution in [2.75, 3.05) is 13.1 Å². The summed E-state index contributed by atoms with van der Waals surface area (Å²) in [5.74, 6) is 0.673. The Morgan fingerprint density at radius 1 is 1.37 bits per heavy atom. The van der Waals surface area contributed by atoms with Gasteiger partial charge in [0.1, 0.15) is 0 Å². The molecule has 102 valence electrons. The van der Waals surface area contributed by atoms with E-state index in [9.17, 15) is 0 Å². The molecule has 0 aliphatic carbocycles. The van der Waals surface area contributed by atoms with Crippen LogP contribution in [-0.2, 0) is 13.6 Å². The van der Waals surface area contributed by atoms with Crippen LogP contribution in [0.15, 0.2) is 18.5 Å². The molecule has 2 aromatic rings. The van der Waals surface area contributed by atoms with E-state index in [1.165, 1.54) is 41.5 Å². The Hall–Kier alpha value is -1.20. The van der Waals surface area contributed by atoms with Crippen molar-refractivity contribution in [3.8, 4) is 0 Å². The molecule has 2 aromatic heterocycles. The zero-order chi connectivity index (χ0) is 13.2. The summed E-state index contributed by atoms with van der Waals surface area (Å²) in [5.41, 5.74) is 1.38. The van der Waals surface area contributed by atoms with Gasteiger partial charge in [0.25, 0.3) is 0 Å². The van der Waals surface area contributed by atoms with Crippen LogP contribution in [0.2, 0.25) is 0 Å². The number of piperidine rings is 1. The quantitative estimate of drug-likeness (QED) is 0.864. The van der Waals surface area contributed by atoms with E-state index in [0.717, 1.165) is 6.54 Å².